The van der Waals surface area contributed by atoms with Crippen molar-refractivity contribution in [1.29, 1.82) is 0 Å². The molecule has 0 amide bonds. The van der Waals surface area contributed by atoms with Gasteiger partial charge in [0, 0.05) is 37.3 Å². The minimum absolute atomic E-state index is 0.0102. The van der Waals surface area contributed by atoms with Gasteiger partial charge >= 0.3 is 0 Å². The van der Waals surface area contributed by atoms with Crippen molar-refractivity contribution in [3.8, 4) is 0 Å². The first-order valence-electron chi connectivity index (χ1n) is 6.68. The number of rotatable bonds is 6. The number of halogens is 1. The quantitative estimate of drug-likeness (QED) is 0.656. The number of hydrogen-bond donors (Lipinski definition) is 1. The topological polar surface area (TPSA) is 87.0 Å². The summed E-state index contributed by atoms with van der Waals surface area (Å²) in [5.41, 5.74) is 7.64. The van der Waals surface area contributed by atoms with Crippen LogP contribution in [0.3, 0.4) is 0 Å². The molecule has 2 rings (SSSR count). The molecule has 0 aliphatic rings. The van der Waals surface area contributed by atoms with Gasteiger partial charge in [-0.3, -0.25) is 10.1 Å². The molecule has 2 N–H and O–H groups in total. The molecule has 1 aromatic heterocycles. The summed E-state index contributed by atoms with van der Waals surface area (Å²) in [7, 11) is 0. The van der Waals surface area contributed by atoms with Crippen LogP contribution in [0.5, 0.6) is 0 Å². The highest BCUT2D eigenvalue weighted by molar-refractivity contribution is 6.31. The molecule has 21 heavy (non-hydrogen) atoms. The average molecular weight is 309 g/mol. The molecular formula is C14H17ClN4O2. The molecule has 0 aliphatic heterocycles. The molecule has 1 aromatic carbocycles. The highest BCUT2D eigenvalue weighted by Gasteiger charge is 2.10. The van der Waals surface area contributed by atoms with Crippen molar-refractivity contribution in [1.82, 2.24) is 9.55 Å². The first-order chi connectivity index (χ1) is 9.99. The van der Waals surface area contributed by atoms with Crippen LogP contribution in [-0.4, -0.2) is 20.5 Å². The average Bonchev–Trinajstić information content (AvgIpc) is 2.88. The van der Waals surface area contributed by atoms with Crippen LogP contribution in [-0.2, 0) is 13.0 Å². The zero-order valence-corrected chi connectivity index (χ0v) is 12.5. The van der Waals surface area contributed by atoms with Gasteiger partial charge < -0.3 is 10.3 Å². The van der Waals surface area contributed by atoms with E-state index in [1.807, 2.05) is 17.7 Å². The van der Waals surface area contributed by atoms with Crippen LogP contribution < -0.4 is 5.73 Å². The van der Waals surface area contributed by atoms with Gasteiger partial charge in [0.2, 0.25) is 0 Å². The van der Waals surface area contributed by atoms with Crippen LogP contribution in [0.4, 0.5) is 5.69 Å². The third-order valence-corrected chi connectivity index (χ3v) is 3.63. The molecule has 0 spiro atoms. The van der Waals surface area contributed by atoms with E-state index in [1.54, 1.807) is 12.4 Å². The molecule has 7 heteroatoms. The van der Waals surface area contributed by atoms with E-state index in [2.05, 4.69) is 4.98 Å². The van der Waals surface area contributed by atoms with Crippen molar-refractivity contribution in [2.45, 2.75) is 32.4 Å². The van der Waals surface area contributed by atoms with Gasteiger partial charge in [-0.15, -0.1) is 0 Å². The Balaban J connectivity index is 2.10. The Hall–Kier alpha value is -1.92. The van der Waals surface area contributed by atoms with Crippen molar-refractivity contribution >= 4 is 17.3 Å². The van der Waals surface area contributed by atoms with Crippen molar-refractivity contribution < 1.29 is 4.92 Å². The standard InChI is InChI=1S/C14H17ClN4O2/c1-2-11(16)5-12-8-18(9-17-12)7-10-3-4-13(19(20)21)6-14(10)15/h3-4,6,8-9,11H,2,5,7,16H2,1H3. The number of benzene rings is 1. The van der Waals surface area contributed by atoms with Gasteiger partial charge in [0.05, 0.1) is 22.0 Å². The third kappa shape index (κ3) is 4.03. The molecule has 1 atom stereocenters. The molecule has 0 radical (unpaired) electrons. The molecule has 1 heterocycles. The lowest BCUT2D eigenvalue weighted by atomic mass is 10.1. The first kappa shape index (κ1) is 15.5. The number of aromatic nitrogens is 2. The smallest absolute Gasteiger partial charge is 0.270 e. The van der Waals surface area contributed by atoms with E-state index >= 15 is 0 Å². The molecule has 0 bridgehead atoms. The van der Waals surface area contributed by atoms with Crippen LogP contribution in [0.1, 0.15) is 24.6 Å². The number of nitrogens with two attached hydrogens (primary N) is 1. The van der Waals surface area contributed by atoms with Gasteiger partial charge in [0.15, 0.2) is 0 Å². The zero-order chi connectivity index (χ0) is 15.4. The lowest BCUT2D eigenvalue weighted by Crippen LogP contribution is -2.21. The number of nitro groups is 1. The van der Waals surface area contributed by atoms with Gasteiger partial charge in [-0.25, -0.2) is 4.98 Å². The molecule has 2 aromatic rings. The van der Waals surface area contributed by atoms with E-state index in [0.29, 0.717) is 11.6 Å². The van der Waals surface area contributed by atoms with Crippen LogP contribution >= 0.6 is 11.6 Å². The molecular weight excluding hydrogens is 292 g/mol. The fraction of sp³-hybridized carbons (Fsp3) is 0.357. The van der Waals surface area contributed by atoms with E-state index in [-0.39, 0.29) is 11.7 Å². The lowest BCUT2D eigenvalue weighted by molar-refractivity contribution is -0.384. The second-order valence-corrected chi connectivity index (χ2v) is 5.35. The summed E-state index contributed by atoms with van der Waals surface area (Å²) in [4.78, 5) is 14.5. The third-order valence-electron chi connectivity index (χ3n) is 3.28. The number of nitrogens with zero attached hydrogens (tertiary/aromatic N) is 3. The van der Waals surface area contributed by atoms with E-state index in [4.69, 9.17) is 17.3 Å². The van der Waals surface area contributed by atoms with E-state index in [0.717, 1.165) is 24.1 Å². The Morgan fingerprint density at radius 3 is 2.90 bits per heavy atom. The molecule has 0 aliphatic carbocycles. The molecule has 0 saturated carbocycles. The number of imidazole rings is 1. The van der Waals surface area contributed by atoms with E-state index < -0.39 is 4.92 Å². The normalized spacial score (nSPS) is 12.3. The Bertz CT molecular complexity index is 642. The summed E-state index contributed by atoms with van der Waals surface area (Å²) in [5.74, 6) is 0. The Morgan fingerprint density at radius 1 is 1.52 bits per heavy atom. The van der Waals surface area contributed by atoms with Crippen molar-refractivity contribution in [3.05, 3.63) is 57.1 Å². The highest BCUT2D eigenvalue weighted by atomic mass is 35.5. The maximum absolute atomic E-state index is 10.7. The predicted molar refractivity (Wildman–Crippen MR) is 81.4 cm³/mol. The van der Waals surface area contributed by atoms with Crippen molar-refractivity contribution in [3.63, 3.8) is 0 Å². The summed E-state index contributed by atoms with van der Waals surface area (Å²) >= 11 is 6.08. The summed E-state index contributed by atoms with van der Waals surface area (Å²) < 4.78 is 1.89. The largest absolute Gasteiger partial charge is 0.333 e. The summed E-state index contributed by atoms with van der Waals surface area (Å²) in [5, 5.41) is 11.1. The van der Waals surface area contributed by atoms with E-state index in [9.17, 15) is 10.1 Å². The Morgan fingerprint density at radius 2 is 2.29 bits per heavy atom. The Labute approximate surface area is 127 Å². The first-order valence-corrected chi connectivity index (χ1v) is 7.06. The molecule has 1 unspecified atom stereocenters. The van der Waals surface area contributed by atoms with Crippen LogP contribution in [0.2, 0.25) is 5.02 Å². The molecule has 0 saturated heterocycles. The maximum Gasteiger partial charge on any atom is 0.270 e. The maximum atomic E-state index is 10.7. The fourth-order valence-electron chi connectivity index (χ4n) is 1.99. The van der Waals surface area contributed by atoms with Gasteiger partial charge in [-0.05, 0) is 18.1 Å². The predicted octanol–water partition coefficient (Wildman–Crippen LogP) is 2.77. The van der Waals surface area contributed by atoms with Gasteiger partial charge in [-0.1, -0.05) is 18.5 Å². The molecule has 112 valence electrons. The molecule has 6 nitrogen and oxygen atoms in total. The lowest BCUT2D eigenvalue weighted by Gasteiger charge is -2.06. The fourth-order valence-corrected chi connectivity index (χ4v) is 2.22. The van der Waals surface area contributed by atoms with Gasteiger partial charge in [0.25, 0.3) is 5.69 Å². The second kappa shape index (κ2) is 6.69. The minimum Gasteiger partial charge on any atom is -0.333 e. The van der Waals surface area contributed by atoms with Crippen LogP contribution in [0.25, 0.3) is 0 Å². The zero-order valence-electron chi connectivity index (χ0n) is 11.7. The number of non-ortho nitro benzene ring substituents is 1. The summed E-state index contributed by atoms with van der Waals surface area (Å²) in [6.07, 6.45) is 5.28. The Kier molecular flexibility index (Phi) is 4.93. The SMILES string of the molecule is CCC(N)Cc1cn(Cc2ccc([N+](=O)[O-])cc2Cl)cn1. The van der Waals surface area contributed by atoms with Crippen LogP contribution in [0.15, 0.2) is 30.7 Å². The van der Waals surface area contributed by atoms with Crippen LogP contribution in [0, 0.1) is 10.1 Å². The van der Waals surface area contributed by atoms with Gasteiger partial charge in [-0.2, -0.15) is 0 Å². The van der Waals surface area contributed by atoms with E-state index in [1.165, 1.54) is 12.1 Å². The summed E-state index contributed by atoms with van der Waals surface area (Å²) in [6.45, 7) is 2.56. The van der Waals surface area contributed by atoms with Crippen molar-refractivity contribution in [2.24, 2.45) is 5.73 Å². The molecule has 0 fully saturated rings. The second-order valence-electron chi connectivity index (χ2n) is 4.94. The highest BCUT2D eigenvalue weighted by Crippen LogP contribution is 2.23. The van der Waals surface area contributed by atoms with Crippen molar-refractivity contribution in [2.75, 3.05) is 0 Å². The number of nitro benzene ring substituents is 1. The minimum atomic E-state index is -0.461. The monoisotopic (exact) mass is 308 g/mol. The number of hydrogen-bond acceptors (Lipinski definition) is 4. The van der Waals surface area contributed by atoms with Gasteiger partial charge in [0.1, 0.15) is 0 Å². The summed E-state index contributed by atoms with van der Waals surface area (Å²) in [6, 6.07) is 4.59.